The highest BCUT2D eigenvalue weighted by molar-refractivity contribution is 5.36. The molecule has 4 aromatic carbocycles. The summed E-state index contributed by atoms with van der Waals surface area (Å²) in [7, 11) is 0. The minimum absolute atomic E-state index is 0.327. The molecule has 0 saturated heterocycles. The maximum absolute atomic E-state index is 9.35. The van der Waals surface area contributed by atoms with Crippen LogP contribution in [0.25, 0.3) is 0 Å². The van der Waals surface area contributed by atoms with Crippen LogP contribution in [0.15, 0.2) is 103 Å². The second-order valence-corrected chi connectivity index (χ2v) is 11.7. The van der Waals surface area contributed by atoms with Crippen molar-refractivity contribution in [3.63, 3.8) is 0 Å². The number of hydrogen-bond acceptors (Lipinski definition) is 3. The fourth-order valence-electron chi connectivity index (χ4n) is 5.73. The van der Waals surface area contributed by atoms with Gasteiger partial charge in [0.15, 0.2) is 0 Å². The predicted octanol–water partition coefficient (Wildman–Crippen LogP) is 7.98. The summed E-state index contributed by atoms with van der Waals surface area (Å²) in [6, 6.07) is 35.0. The van der Waals surface area contributed by atoms with Crippen LogP contribution in [0, 0.1) is 32.1 Å². The van der Waals surface area contributed by atoms with Crippen LogP contribution >= 0.6 is 0 Å². The molecule has 42 heavy (non-hydrogen) atoms. The topological polar surface area (TPSA) is 53.1 Å². The second kappa shape index (κ2) is 15.3. The van der Waals surface area contributed by atoms with Crippen LogP contribution < -0.4 is 5.73 Å². The zero-order valence-electron chi connectivity index (χ0n) is 25.6. The van der Waals surface area contributed by atoms with Crippen molar-refractivity contribution in [1.29, 1.82) is 5.26 Å². The van der Waals surface area contributed by atoms with E-state index in [0.29, 0.717) is 12.0 Å². The van der Waals surface area contributed by atoms with E-state index in [-0.39, 0.29) is 6.04 Å². The van der Waals surface area contributed by atoms with Gasteiger partial charge in [0.2, 0.25) is 0 Å². The summed E-state index contributed by atoms with van der Waals surface area (Å²) in [6.07, 6.45) is 4.75. The first-order valence-electron chi connectivity index (χ1n) is 15.1. The molecule has 0 aliphatic rings. The molecule has 0 heterocycles. The van der Waals surface area contributed by atoms with Gasteiger partial charge in [0.1, 0.15) is 0 Å². The molecule has 4 aromatic rings. The van der Waals surface area contributed by atoms with Crippen LogP contribution in [0.3, 0.4) is 0 Å². The van der Waals surface area contributed by atoms with Crippen molar-refractivity contribution in [2.75, 3.05) is 6.54 Å². The lowest BCUT2D eigenvalue weighted by molar-refractivity contribution is 0.248. The maximum Gasteiger partial charge on any atom is 0.0957 e. The average molecular weight is 556 g/mol. The molecule has 0 saturated carbocycles. The van der Waals surface area contributed by atoms with E-state index in [2.05, 4.69) is 129 Å². The molecule has 3 heteroatoms. The first kappa shape index (κ1) is 31.0. The Kier molecular flexibility index (Phi) is 11.3. The van der Waals surface area contributed by atoms with Gasteiger partial charge in [-0.1, -0.05) is 109 Å². The third kappa shape index (κ3) is 9.02. The quantitative estimate of drug-likeness (QED) is 0.161. The highest BCUT2D eigenvalue weighted by atomic mass is 15.1. The summed E-state index contributed by atoms with van der Waals surface area (Å²) in [5.41, 5.74) is 19.0. The zero-order valence-corrected chi connectivity index (χ0v) is 25.6. The number of nitrogens with zero attached hydrogens (tertiary/aromatic N) is 2. The van der Waals surface area contributed by atoms with Gasteiger partial charge in [-0.05, 0) is 91.8 Å². The first-order chi connectivity index (χ1) is 20.3. The Balaban J connectivity index is 1.56. The molecule has 0 radical (unpaired) electrons. The van der Waals surface area contributed by atoms with Crippen molar-refractivity contribution in [2.24, 2.45) is 5.73 Å². The Bertz CT molecular complexity index is 1530. The maximum atomic E-state index is 9.35. The van der Waals surface area contributed by atoms with Gasteiger partial charge in [-0.2, -0.15) is 5.26 Å². The molecule has 0 amide bonds. The molecule has 1 atom stereocenters. The molecule has 0 fully saturated rings. The first-order valence-corrected chi connectivity index (χ1v) is 15.1. The minimum Gasteiger partial charge on any atom is -0.323 e. The van der Waals surface area contributed by atoms with Crippen molar-refractivity contribution in [3.05, 3.63) is 153 Å². The molecule has 216 valence electrons. The van der Waals surface area contributed by atoms with E-state index in [1.807, 2.05) is 0 Å². The van der Waals surface area contributed by atoms with Gasteiger partial charge in [0, 0.05) is 31.2 Å². The summed E-state index contributed by atoms with van der Waals surface area (Å²) >= 11 is 0. The average Bonchev–Trinajstić information content (AvgIpc) is 2.99. The van der Waals surface area contributed by atoms with Gasteiger partial charge in [0.05, 0.1) is 6.07 Å². The molecule has 0 aliphatic heterocycles. The monoisotopic (exact) mass is 555 g/mol. The van der Waals surface area contributed by atoms with Gasteiger partial charge < -0.3 is 5.73 Å². The molecular weight excluding hydrogens is 510 g/mol. The highest BCUT2D eigenvalue weighted by Gasteiger charge is 2.16. The van der Waals surface area contributed by atoms with E-state index in [9.17, 15) is 5.26 Å². The third-order valence-corrected chi connectivity index (χ3v) is 8.28. The molecule has 0 aliphatic carbocycles. The van der Waals surface area contributed by atoms with Crippen molar-refractivity contribution < 1.29 is 0 Å². The van der Waals surface area contributed by atoms with E-state index < -0.39 is 0 Å². The summed E-state index contributed by atoms with van der Waals surface area (Å²) < 4.78 is 0. The summed E-state index contributed by atoms with van der Waals surface area (Å²) in [5.74, 6) is 0. The standard InChI is InChI=1S/C39H45N3/c1-29-10-7-13-33(24-29)18-20-35-15-5-6-16-37(35)27-42(23-22-39(41)32(4)26-40)28-38-31(3)12-9-17-36(38)21-19-34-14-8-11-30(2)25-34/h5-17,24-25,39H,4,18-23,27-28,41H2,1-3H3. The SMILES string of the molecule is C=C(C#N)C(N)CCN(Cc1ccccc1CCc1cccc(C)c1)Cc1c(C)cccc1CCc1cccc(C)c1. The van der Waals surface area contributed by atoms with Crippen molar-refractivity contribution in [1.82, 2.24) is 4.90 Å². The summed E-state index contributed by atoms with van der Waals surface area (Å²) in [5, 5.41) is 9.35. The van der Waals surface area contributed by atoms with Gasteiger partial charge in [-0.3, -0.25) is 4.90 Å². The van der Waals surface area contributed by atoms with Crippen LogP contribution in [0.2, 0.25) is 0 Å². The Morgan fingerprint density at radius 1 is 0.738 bits per heavy atom. The van der Waals surface area contributed by atoms with Crippen LogP contribution in [0.5, 0.6) is 0 Å². The van der Waals surface area contributed by atoms with E-state index >= 15 is 0 Å². The van der Waals surface area contributed by atoms with Crippen LogP contribution in [-0.4, -0.2) is 17.5 Å². The Morgan fingerprint density at radius 2 is 1.31 bits per heavy atom. The van der Waals surface area contributed by atoms with E-state index in [4.69, 9.17) is 5.73 Å². The largest absolute Gasteiger partial charge is 0.323 e. The molecule has 1 unspecified atom stereocenters. The van der Waals surface area contributed by atoms with Crippen molar-refractivity contribution in [2.45, 2.75) is 72.0 Å². The molecule has 4 rings (SSSR count). The lowest BCUT2D eigenvalue weighted by atomic mass is 9.95. The number of aryl methyl sites for hydroxylation is 7. The number of nitriles is 1. The van der Waals surface area contributed by atoms with Crippen LogP contribution in [0.4, 0.5) is 0 Å². The third-order valence-electron chi connectivity index (χ3n) is 8.28. The summed E-state index contributed by atoms with van der Waals surface area (Å²) in [4.78, 5) is 2.51. The highest BCUT2D eigenvalue weighted by Crippen LogP contribution is 2.23. The predicted molar refractivity (Wildman–Crippen MR) is 176 cm³/mol. The smallest absolute Gasteiger partial charge is 0.0957 e. The van der Waals surface area contributed by atoms with Gasteiger partial charge >= 0.3 is 0 Å². The number of nitrogens with two attached hydrogens (primary N) is 1. The lowest BCUT2D eigenvalue weighted by Gasteiger charge is -2.27. The molecule has 0 aromatic heterocycles. The fraction of sp³-hybridized carbons (Fsp3) is 0.308. The molecule has 2 N–H and O–H groups in total. The number of benzene rings is 4. The fourth-order valence-corrected chi connectivity index (χ4v) is 5.73. The van der Waals surface area contributed by atoms with Crippen LogP contribution in [0.1, 0.15) is 56.5 Å². The summed E-state index contributed by atoms with van der Waals surface area (Å²) in [6.45, 7) is 12.9. The van der Waals surface area contributed by atoms with Crippen molar-refractivity contribution in [3.8, 4) is 6.07 Å². The Labute approximate surface area is 253 Å². The van der Waals surface area contributed by atoms with Gasteiger partial charge in [-0.15, -0.1) is 0 Å². The number of hydrogen-bond donors (Lipinski definition) is 1. The zero-order chi connectivity index (χ0) is 29.9. The number of rotatable bonds is 14. The lowest BCUT2D eigenvalue weighted by Crippen LogP contribution is -2.31. The normalized spacial score (nSPS) is 11.8. The van der Waals surface area contributed by atoms with Gasteiger partial charge in [-0.25, -0.2) is 0 Å². The molecule has 0 spiro atoms. The Morgan fingerprint density at radius 3 is 1.93 bits per heavy atom. The molecular formula is C39H45N3. The van der Waals surface area contributed by atoms with Crippen molar-refractivity contribution >= 4 is 0 Å². The van der Waals surface area contributed by atoms with E-state index in [1.165, 1.54) is 50.1 Å². The van der Waals surface area contributed by atoms with E-state index in [1.54, 1.807) is 0 Å². The molecule has 0 bridgehead atoms. The Hall–Kier alpha value is -3.97. The minimum atomic E-state index is -0.327. The van der Waals surface area contributed by atoms with Crippen LogP contribution in [-0.2, 0) is 38.8 Å². The molecule has 3 nitrogen and oxygen atoms in total. The second-order valence-electron chi connectivity index (χ2n) is 11.7. The van der Waals surface area contributed by atoms with E-state index in [0.717, 1.165) is 45.3 Å². The van der Waals surface area contributed by atoms with Gasteiger partial charge in [0.25, 0.3) is 0 Å².